The number of nitrogens with one attached hydrogen (secondary N) is 1. The molecule has 0 atom stereocenters. The van der Waals surface area contributed by atoms with Gasteiger partial charge in [0.15, 0.2) is 5.65 Å². The molecule has 2 aromatic heterocycles. The molecule has 0 bridgehead atoms. The molecule has 5 rings (SSSR count). The SMILES string of the molecule is O=C(CCN1CCCCC1)N1CCc2c(nc3cc(-c4ccccc4Cl)[nH]n3c2=O)C1. The standard InChI is InChI=1S/C23H26ClN5O2/c24-18-7-3-2-6-16(18)19-14-21-25-20-15-28(13-8-17(20)23(31)29(21)26-19)22(30)9-12-27-10-4-1-5-11-27/h2-3,6-7,14,26H,1,4-5,8-13,15H2. The van der Waals surface area contributed by atoms with Crippen molar-refractivity contribution in [2.75, 3.05) is 26.2 Å². The Morgan fingerprint density at radius 1 is 1.13 bits per heavy atom. The van der Waals surface area contributed by atoms with Gasteiger partial charge in [0.1, 0.15) is 0 Å². The highest BCUT2D eigenvalue weighted by molar-refractivity contribution is 6.33. The third kappa shape index (κ3) is 4.00. The van der Waals surface area contributed by atoms with Gasteiger partial charge in [-0.15, -0.1) is 0 Å². The maximum absolute atomic E-state index is 13.1. The lowest BCUT2D eigenvalue weighted by Crippen LogP contribution is -2.41. The van der Waals surface area contributed by atoms with E-state index in [0.717, 1.165) is 30.9 Å². The average Bonchev–Trinajstić information content (AvgIpc) is 3.22. The number of hydrogen-bond donors (Lipinski definition) is 1. The smallest absolute Gasteiger partial charge is 0.276 e. The third-order valence-electron chi connectivity index (χ3n) is 6.37. The zero-order chi connectivity index (χ0) is 21.4. The highest BCUT2D eigenvalue weighted by Crippen LogP contribution is 2.27. The number of carbonyl (C=O) groups excluding carboxylic acids is 1. The van der Waals surface area contributed by atoms with Crippen LogP contribution in [0.2, 0.25) is 5.02 Å². The van der Waals surface area contributed by atoms with Gasteiger partial charge < -0.3 is 9.80 Å². The van der Waals surface area contributed by atoms with Gasteiger partial charge in [0.25, 0.3) is 5.56 Å². The molecule has 1 N–H and O–H groups in total. The van der Waals surface area contributed by atoms with Crippen molar-refractivity contribution in [3.63, 3.8) is 0 Å². The number of benzene rings is 1. The zero-order valence-corrected chi connectivity index (χ0v) is 18.2. The minimum absolute atomic E-state index is 0.0984. The molecule has 3 aromatic rings. The first kappa shape index (κ1) is 20.3. The summed E-state index contributed by atoms with van der Waals surface area (Å²) in [7, 11) is 0. The lowest BCUT2D eigenvalue weighted by atomic mass is 10.1. The summed E-state index contributed by atoms with van der Waals surface area (Å²) in [6.07, 6.45) is 4.79. The summed E-state index contributed by atoms with van der Waals surface area (Å²) in [5, 5.41) is 3.74. The van der Waals surface area contributed by atoms with Crippen molar-refractivity contribution in [1.82, 2.24) is 24.4 Å². The summed E-state index contributed by atoms with van der Waals surface area (Å²) in [4.78, 5) is 34.8. The number of likely N-dealkylation sites (tertiary alicyclic amines) is 1. The molecule has 0 unspecified atom stereocenters. The average molecular weight is 440 g/mol. The largest absolute Gasteiger partial charge is 0.336 e. The molecule has 1 fully saturated rings. The molecule has 162 valence electrons. The summed E-state index contributed by atoms with van der Waals surface area (Å²) in [6.45, 7) is 3.96. The van der Waals surface area contributed by atoms with Gasteiger partial charge in [-0.05, 0) is 38.4 Å². The van der Waals surface area contributed by atoms with Crippen LogP contribution in [0, 0.1) is 0 Å². The molecular formula is C23H26ClN5O2. The van der Waals surface area contributed by atoms with E-state index >= 15 is 0 Å². The Kier molecular flexibility index (Phi) is 5.54. The van der Waals surface area contributed by atoms with Crippen LogP contribution in [-0.4, -0.2) is 56.5 Å². The first-order valence-electron chi connectivity index (χ1n) is 11.0. The second-order valence-electron chi connectivity index (χ2n) is 8.40. The fourth-order valence-corrected chi connectivity index (χ4v) is 4.86. The molecule has 0 saturated carbocycles. The predicted molar refractivity (Wildman–Crippen MR) is 120 cm³/mol. The van der Waals surface area contributed by atoms with Crippen molar-refractivity contribution in [2.45, 2.75) is 38.6 Å². The summed E-state index contributed by atoms with van der Waals surface area (Å²) in [6, 6.07) is 9.33. The van der Waals surface area contributed by atoms with Crippen molar-refractivity contribution in [3.05, 3.63) is 57.0 Å². The zero-order valence-electron chi connectivity index (χ0n) is 17.4. The monoisotopic (exact) mass is 439 g/mol. The van der Waals surface area contributed by atoms with Crippen molar-refractivity contribution in [3.8, 4) is 11.3 Å². The van der Waals surface area contributed by atoms with E-state index in [1.165, 1.54) is 23.8 Å². The van der Waals surface area contributed by atoms with Gasteiger partial charge >= 0.3 is 0 Å². The Labute approximate surface area is 185 Å². The normalized spacial score (nSPS) is 17.1. The summed E-state index contributed by atoms with van der Waals surface area (Å²) < 4.78 is 1.48. The lowest BCUT2D eigenvalue weighted by Gasteiger charge is -2.30. The van der Waals surface area contributed by atoms with E-state index in [-0.39, 0.29) is 11.5 Å². The molecule has 0 radical (unpaired) electrons. The fraction of sp³-hybridized carbons (Fsp3) is 0.435. The molecule has 1 amide bonds. The molecule has 31 heavy (non-hydrogen) atoms. The van der Waals surface area contributed by atoms with E-state index in [4.69, 9.17) is 16.6 Å². The van der Waals surface area contributed by atoms with Gasteiger partial charge in [-0.1, -0.05) is 36.2 Å². The van der Waals surface area contributed by atoms with Crippen molar-refractivity contribution in [2.24, 2.45) is 0 Å². The van der Waals surface area contributed by atoms with Crippen LogP contribution in [0.4, 0.5) is 0 Å². The minimum Gasteiger partial charge on any atom is -0.336 e. The van der Waals surface area contributed by atoms with Gasteiger partial charge in [-0.25, -0.2) is 9.50 Å². The second-order valence-corrected chi connectivity index (χ2v) is 8.81. The molecule has 2 aliphatic heterocycles. The first-order chi connectivity index (χ1) is 15.1. The third-order valence-corrected chi connectivity index (χ3v) is 6.70. The Morgan fingerprint density at radius 2 is 1.94 bits per heavy atom. The molecule has 4 heterocycles. The number of rotatable bonds is 4. The Balaban J connectivity index is 1.36. The van der Waals surface area contributed by atoms with E-state index < -0.39 is 0 Å². The van der Waals surface area contributed by atoms with Crippen LogP contribution < -0.4 is 5.56 Å². The Morgan fingerprint density at radius 3 is 2.74 bits per heavy atom. The van der Waals surface area contributed by atoms with Crippen LogP contribution in [0.15, 0.2) is 35.1 Å². The number of piperidine rings is 1. The fourth-order valence-electron chi connectivity index (χ4n) is 4.62. The number of halogens is 1. The van der Waals surface area contributed by atoms with E-state index in [9.17, 15) is 9.59 Å². The number of aromatic amines is 1. The molecule has 1 aromatic carbocycles. The molecule has 2 aliphatic rings. The highest BCUT2D eigenvalue weighted by Gasteiger charge is 2.26. The molecule has 0 aliphatic carbocycles. The lowest BCUT2D eigenvalue weighted by molar-refractivity contribution is -0.132. The van der Waals surface area contributed by atoms with Crippen LogP contribution in [-0.2, 0) is 17.8 Å². The molecular weight excluding hydrogens is 414 g/mol. The van der Waals surface area contributed by atoms with Gasteiger partial charge in [-0.2, -0.15) is 0 Å². The Bertz CT molecular complexity index is 1180. The summed E-state index contributed by atoms with van der Waals surface area (Å²) in [5.74, 6) is 0.143. The summed E-state index contributed by atoms with van der Waals surface area (Å²) in [5.41, 5.74) is 3.39. The predicted octanol–water partition coefficient (Wildman–Crippen LogP) is 3.10. The van der Waals surface area contributed by atoms with E-state index in [1.807, 2.05) is 35.2 Å². The van der Waals surface area contributed by atoms with Gasteiger partial charge in [0.2, 0.25) is 5.91 Å². The highest BCUT2D eigenvalue weighted by atomic mass is 35.5. The maximum atomic E-state index is 13.1. The molecule has 7 nitrogen and oxygen atoms in total. The van der Waals surface area contributed by atoms with Crippen LogP contribution in [0.1, 0.15) is 36.9 Å². The molecule has 8 heteroatoms. The number of H-pyrrole nitrogens is 1. The van der Waals surface area contributed by atoms with Crippen molar-refractivity contribution >= 4 is 23.2 Å². The van der Waals surface area contributed by atoms with Crippen molar-refractivity contribution in [1.29, 1.82) is 0 Å². The maximum Gasteiger partial charge on any atom is 0.276 e. The number of nitrogens with zero attached hydrogens (tertiary/aromatic N) is 4. The summed E-state index contributed by atoms with van der Waals surface area (Å²) >= 11 is 6.32. The van der Waals surface area contributed by atoms with E-state index in [0.29, 0.717) is 47.9 Å². The van der Waals surface area contributed by atoms with Gasteiger partial charge in [0, 0.05) is 41.7 Å². The Hall–Kier alpha value is -2.64. The van der Waals surface area contributed by atoms with Gasteiger partial charge in [-0.3, -0.25) is 14.7 Å². The minimum atomic E-state index is -0.0984. The molecule has 1 saturated heterocycles. The number of amides is 1. The number of fused-ring (bicyclic) bond motifs is 2. The van der Waals surface area contributed by atoms with Crippen molar-refractivity contribution < 1.29 is 4.79 Å². The quantitative estimate of drug-likeness (QED) is 0.677. The second kappa shape index (κ2) is 8.48. The molecule has 0 spiro atoms. The van der Waals surface area contributed by atoms with E-state index in [1.54, 1.807) is 0 Å². The van der Waals surface area contributed by atoms with Crippen LogP contribution in [0.3, 0.4) is 0 Å². The van der Waals surface area contributed by atoms with Crippen LogP contribution in [0.5, 0.6) is 0 Å². The van der Waals surface area contributed by atoms with Crippen LogP contribution in [0.25, 0.3) is 16.9 Å². The van der Waals surface area contributed by atoms with Crippen LogP contribution >= 0.6 is 11.6 Å². The first-order valence-corrected chi connectivity index (χ1v) is 11.4. The number of hydrogen-bond acceptors (Lipinski definition) is 4. The van der Waals surface area contributed by atoms with Gasteiger partial charge in [0.05, 0.1) is 17.9 Å². The topological polar surface area (TPSA) is 73.7 Å². The number of carbonyl (C=O) groups is 1. The number of aromatic nitrogens is 3. The van der Waals surface area contributed by atoms with E-state index in [2.05, 4.69) is 10.00 Å².